The van der Waals surface area contributed by atoms with E-state index in [4.69, 9.17) is 9.72 Å². The molecule has 0 N–H and O–H groups in total. The third-order valence-corrected chi connectivity index (χ3v) is 5.79. The van der Waals surface area contributed by atoms with Crippen molar-refractivity contribution in [3.05, 3.63) is 41.6 Å². The van der Waals surface area contributed by atoms with E-state index in [1.807, 2.05) is 42.3 Å². The van der Waals surface area contributed by atoms with Gasteiger partial charge in [0.25, 0.3) is 0 Å². The van der Waals surface area contributed by atoms with Gasteiger partial charge in [-0.2, -0.15) is 4.98 Å². The summed E-state index contributed by atoms with van der Waals surface area (Å²) in [6.45, 7) is 7.11. The van der Waals surface area contributed by atoms with Gasteiger partial charge in [0.05, 0.1) is 13.5 Å². The van der Waals surface area contributed by atoms with Crippen molar-refractivity contribution in [1.29, 1.82) is 0 Å². The molecule has 1 amide bonds. The summed E-state index contributed by atoms with van der Waals surface area (Å²) >= 11 is 0. The molecule has 4 rings (SSSR count). The van der Waals surface area contributed by atoms with Crippen LogP contribution in [0.5, 0.6) is 5.75 Å². The van der Waals surface area contributed by atoms with Crippen LogP contribution in [0.3, 0.4) is 0 Å². The molecule has 1 aromatic carbocycles. The first kappa shape index (κ1) is 19.5. The fraction of sp³-hybridized carbons (Fsp3) is 0.500. The van der Waals surface area contributed by atoms with Crippen LogP contribution in [0.2, 0.25) is 0 Å². The van der Waals surface area contributed by atoms with E-state index in [2.05, 4.69) is 14.8 Å². The Morgan fingerprint density at radius 2 is 1.79 bits per heavy atom. The molecule has 7 heteroatoms. The van der Waals surface area contributed by atoms with Crippen LogP contribution >= 0.6 is 0 Å². The van der Waals surface area contributed by atoms with E-state index in [9.17, 15) is 4.79 Å². The number of aryl methyl sites for hydroxylation is 1. The summed E-state index contributed by atoms with van der Waals surface area (Å²) < 4.78 is 5.30. The highest BCUT2D eigenvalue weighted by Gasteiger charge is 2.23. The van der Waals surface area contributed by atoms with Crippen molar-refractivity contribution in [3.8, 4) is 5.75 Å². The van der Waals surface area contributed by atoms with Crippen LogP contribution in [-0.2, 0) is 11.2 Å². The Kier molecular flexibility index (Phi) is 5.83. The van der Waals surface area contributed by atoms with E-state index in [0.29, 0.717) is 6.42 Å². The number of piperazine rings is 1. The second-order valence-electron chi connectivity index (χ2n) is 7.76. The van der Waals surface area contributed by atoms with Gasteiger partial charge >= 0.3 is 0 Å². The maximum atomic E-state index is 12.7. The number of hydrogen-bond donors (Lipinski definition) is 0. The molecular weight excluding hydrogens is 366 g/mol. The maximum absolute atomic E-state index is 12.7. The van der Waals surface area contributed by atoms with Crippen molar-refractivity contribution in [2.45, 2.75) is 26.2 Å². The van der Waals surface area contributed by atoms with Gasteiger partial charge in [0.1, 0.15) is 11.6 Å². The minimum Gasteiger partial charge on any atom is -0.496 e. The molecule has 2 fully saturated rings. The number of amides is 1. The van der Waals surface area contributed by atoms with Crippen LogP contribution in [0.15, 0.2) is 30.5 Å². The number of carbonyl (C=O) groups is 1. The number of benzene rings is 1. The lowest BCUT2D eigenvalue weighted by atomic mass is 10.1. The number of rotatable bonds is 5. The summed E-state index contributed by atoms with van der Waals surface area (Å²) in [5.41, 5.74) is 2.09. The quantitative estimate of drug-likeness (QED) is 0.774. The van der Waals surface area contributed by atoms with Crippen molar-refractivity contribution in [2.75, 3.05) is 56.2 Å². The Morgan fingerprint density at radius 3 is 2.48 bits per heavy atom. The predicted molar refractivity (Wildman–Crippen MR) is 114 cm³/mol. The molecule has 29 heavy (non-hydrogen) atoms. The van der Waals surface area contributed by atoms with E-state index in [1.54, 1.807) is 7.11 Å². The highest BCUT2D eigenvalue weighted by molar-refractivity contribution is 5.79. The van der Waals surface area contributed by atoms with Crippen molar-refractivity contribution in [1.82, 2.24) is 14.9 Å². The Labute approximate surface area is 172 Å². The van der Waals surface area contributed by atoms with Gasteiger partial charge in [-0.05, 0) is 43.0 Å². The fourth-order valence-corrected chi connectivity index (χ4v) is 4.11. The SMILES string of the molecule is COc1ccc(CC(=O)N2CCN(c3ccnc(N4CCCC4)n3)CC2)cc1C. The summed E-state index contributed by atoms with van der Waals surface area (Å²) in [6.07, 6.45) is 4.70. The molecule has 0 aliphatic carbocycles. The summed E-state index contributed by atoms with van der Waals surface area (Å²) in [7, 11) is 1.67. The van der Waals surface area contributed by atoms with Gasteiger partial charge in [-0.1, -0.05) is 12.1 Å². The van der Waals surface area contributed by atoms with Gasteiger partial charge in [0.2, 0.25) is 11.9 Å². The maximum Gasteiger partial charge on any atom is 0.227 e. The van der Waals surface area contributed by atoms with Crippen LogP contribution in [-0.4, -0.2) is 67.2 Å². The van der Waals surface area contributed by atoms with Crippen molar-refractivity contribution in [3.63, 3.8) is 0 Å². The van der Waals surface area contributed by atoms with Gasteiger partial charge in [-0.25, -0.2) is 4.98 Å². The molecule has 2 aromatic rings. The number of aromatic nitrogens is 2. The van der Waals surface area contributed by atoms with Gasteiger partial charge < -0.3 is 19.4 Å². The second-order valence-corrected chi connectivity index (χ2v) is 7.76. The minimum atomic E-state index is 0.176. The average molecular weight is 396 g/mol. The molecule has 2 aliphatic rings. The largest absolute Gasteiger partial charge is 0.496 e. The molecule has 154 valence electrons. The van der Waals surface area contributed by atoms with Crippen molar-refractivity contribution >= 4 is 17.7 Å². The third kappa shape index (κ3) is 4.44. The summed E-state index contributed by atoms with van der Waals surface area (Å²) in [5.74, 6) is 2.82. The lowest BCUT2D eigenvalue weighted by Gasteiger charge is -2.35. The zero-order chi connectivity index (χ0) is 20.2. The first-order chi connectivity index (χ1) is 14.1. The molecule has 0 bridgehead atoms. The summed E-state index contributed by atoms with van der Waals surface area (Å²) in [4.78, 5) is 28.4. The van der Waals surface area contributed by atoms with E-state index < -0.39 is 0 Å². The molecule has 7 nitrogen and oxygen atoms in total. The Hall–Kier alpha value is -2.83. The first-order valence-electron chi connectivity index (χ1n) is 10.4. The first-order valence-corrected chi connectivity index (χ1v) is 10.4. The van der Waals surface area contributed by atoms with E-state index >= 15 is 0 Å². The molecule has 0 radical (unpaired) electrons. The molecular formula is C22H29N5O2. The zero-order valence-electron chi connectivity index (χ0n) is 17.3. The summed E-state index contributed by atoms with van der Waals surface area (Å²) in [5, 5.41) is 0. The Balaban J connectivity index is 1.34. The molecule has 0 saturated carbocycles. The molecule has 1 aromatic heterocycles. The normalized spacial score (nSPS) is 17.0. The number of ether oxygens (including phenoxy) is 1. The number of carbonyl (C=O) groups excluding carboxylic acids is 1. The van der Waals surface area contributed by atoms with Gasteiger partial charge in [-0.3, -0.25) is 4.79 Å². The topological polar surface area (TPSA) is 61.8 Å². The molecule has 3 heterocycles. The van der Waals surface area contributed by atoms with E-state index in [-0.39, 0.29) is 5.91 Å². The van der Waals surface area contributed by atoms with Crippen molar-refractivity contribution in [2.24, 2.45) is 0 Å². The number of anilines is 2. The number of nitrogens with zero attached hydrogens (tertiary/aromatic N) is 5. The minimum absolute atomic E-state index is 0.176. The van der Waals surface area contributed by atoms with Gasteiger partial charge in [0, 0.05) is 45.5 Å². The standard InChI is InChI=1S/C22H29N5O2/c1-17-15-18(5-6-19(17)29-2)16-21(28)26-13-11-25(12-14-26)20-7-8-23-22(24-20)27-9-3-4-10-27/h5-8,15H,3-4,9-14,16H2,1-2H3. The molecule has 0 unspecified atom stereocenters. The lowest BCUT2D eigenvalue weighted by molar-refractivity contribution is -0.130. The van der Waals surface area contributed by atoms with Crippen LogP contribution in [0, 0.1) is 6.92 Å². The van der Waals surface area contributed by atoms with E-state index in [1.165, 1.54) is 12.8 Å². The van der Waals surface area contributed by atoms with Gasteiger partial charge in [0.15, 0.2) is 0 Å². The van der Waals surface area contributed by atoms with Crippen LogP contribution < -0.4 is 14.5 Å². The molecule has 2 saturated heterocycles. The zero-order valence-corrected chi connectivity index (χ0v) is 17.3. The molecule has 0 atom stereocenters. The second kappa shape index (κ2) is 8.68. The third-order valence-electron chi connectivity index (χ3n) is 5.79. The Morgan fingerprint density at radius 1 is 1.03 bits per heavy atom. The van der Waals surface area contributed by atoms with Gasteiger partial charge in [-0.15, -0.1) is 0 Å². The average Bonchev–Trinajstić information content (AvgIpc) is 3.29. The highest BCUT2D eigenvalue weighted by Crippen LogP contribution is 2.21. The Bertz CT molecular complexity index is 858. The van der Waals surface area contributed by atoms with Crippen molar-refractivity contribution < 1.29 is 9.53 Å². The predicted octanol–water partition coefficient (Wildman–Crippen LogP) is 2.29. The fourth-order valence-electron chi connectivity index (χ4n) is 4.11. The van der Waals surface area contributed by atoms with Crippen LogP contribution in [0.4, 0.5) is 11.8 Å². The highest BCUT2D eigenvalue weighted by atomic mass is 16.5. The summed E-state index contributed by atoms with van der Waals surface area (Å²) in [6, 6.07) is 7.91. The van der Waals surface area contributed by atoms with Crippen LogP contribution in [0.1, 0.15) is 24.0 Å². The monoisotopic (exact) mass is 395 g/mol. The molecule has 0 spiro atoms. The number of hydrogen-bond acceptors (Lipinski definition) is 6. The van der Waals surface area contributed by atoms with Crippen LogP contribution in [0.25, 0.3) is 0 Å². The number of methoxy groups -OCH3 is 1. The lowest BCUT2D eigenvalue weighted by Crippen LogP contribution is -2.49. The van der Waals surface area contributed by atoms with E-state index in [0.717, 1.165) is 67.9 Å². The molecule has 2 aliphatic heterocycles. The smallest absolute Gasteiger partial charge is 0.227 e.